The molecular weight excluding hydrogens is 254 g/mol. The normalized spacial score (nSPS) is 12.8. The Hall–Kier alpha value is -2.54. The Morgan fingerprint density at radius 3 is 2.57 bits per heavy atom. The molecule has 1 nitrogen and oxygen atoms in total. The van der Waals surface area contributed by atoms with Crippen LogP contribution in [0.2, 0.25) is 0 Å². The number of aromatic nitrogens is 1. The van der Waals surface area contributed by atoms with E-state index in [4.69, 9.17) is 0 Å². The van der Waals surface area contributed by atoms with Crippen molar-refractivity contribution in [3.63, 3.8) is 0 Å². The first-order chi connectivity index (χ1) is 10.2. The third-order valence-corrected chi connectivity index (χ3v) is 4.00. The molecule has 1 heteroatoms. The van der Waals surface area contributed by atoms with Crippen molar-refractivity contribution in [3.8, 4) is 0 Å². The minimum atomic E-state index is 1.19. The van der Waals surface area contributed by atoms with Gasteiger partial charge in [-0.25, -0.2) is 0 Å². The van der Waals surface area contributed by atoms with Gasteiger partial charge in [-0.15, -0.1) is 0 Å². The Morgan fingerprint density at radius 1 is 1.14 bits per heavy atom. The topological polar surface area (TPSA) is 4.41 Å². The highest BCUT2D eigenvalue weighted by atomic mass is 14.9. The van der Waals surface area contributed by atoms with Crippen LogP contribution in [-0.4, -0.2) is 4.40 Å². The fourth-order valence-electron chi connectivity index (χ4n) is 3.19. The van der Waals surface area contributed by atoms with Crippen molar-refractivity contribution in [2.45, 2.75) is 13.8 Å². The van der Waals surface area contributed by atoms with E-state index in [0.717, 1.165) is 0 Å². The van der Waals surface area contributed by atoms with Crippen molar-refractivity contribution >= 4 is 34.6 Å². The SMILES string of the molecule is C=C/C=c1/c2ccccc2n2c(/C=C\C)c(C=C)c(C)c12. The first-order valence-corrected chi connectivity index (χ1v) is 7.17. The van der Waals surface area contributed by atoms with Crippen LogP contribution in [0.25, 0.3) is 34.6 Å². The predicted molar refractivity (Wildman–Crippen MR) is 94.3 cm³/mol. The average molecular weight is 273 g/mol. The number of para-hydroxylation sites is 1. The van der Waals surface area contributed by atoms with E-state index in [1.165, 1.54) is 38.5 Å². The molecule has 0 aliphatic rings. The first-order valence-electron chi connectivity index (χ1n) is 7.17. The van der Waals surface area contributed by atoms with Crippen LogP contribution in [-0.2, 0) is 0 Å². The molecule has 0 saturated carbocycles. The predicted octanol–water partition coefficient (Wildman–Crippen LogP) is 4.76. The van der Waals surface area contributed by atoms with Gasteiger partial charge in [0, 0.05) is 16.2 Å². The molecule has 3 rings (SSSR count). The zero-order valence-electron chi connectivity index (χ0n) is 12.6. The van der Waals surface area contributed by atoms with Gasteiger partial charge >= 0.3 is 0 Å². The molecule has 1 aromatic carbocycles. The van der Waals surface area contributed by atoms with E-state index in [-0.39, 0.29) is 0 Å². The van der Waals surface area contributed by atoms with Crippen LogP contribution in [0.5, 0.6) is 0 Å². The zero-order valence-corrected chi connectivity index (χ0v) is 12.6. The largest absolute Gasteiger partial charge is 0.308 e. The van der Waals surface area contributed by atoms with Gasteiger partial charge < -0.3 is 4.40 Å². The molecule has 0 radical (unpaired) electrons. The molecule has 0 saturated heterocycles. The maximum atomic E-state index is 3.99. The highest BCUT2D eigenvalue weighted by Gasteiger charge is 2.16. The van der Waals surface area contributed by atoms with Gasteiger partial charge in [-0.05, 0) is 31.6 Å². The first kappa shape index (κ1) is 13.4. The second kappa shape index (κ2) is 5.10. The standard InChI is InChI=1S/C20H19N/c1-5-10-17-16-12-8-9-13-19(16)21-18(11-6-2)15(7-3)14(4)20(17)21/h5-13H,1,3H2,2,4H3/b11-6-,17-10-. The Morgan fingerprint density at radius 2 is 1.90 bits per heavy atom. The number of allylic oxidation sites excluding steroid dienone is 2. The van der Waals surface area contributed by atoms with Crippen molar-refractivity contribution in [1.82, 2.24) is 4.40 Å². The van der Waals surface area contributed by atoms with Crippen LogP contribution in [0.4, 0.5) is 0 Å². The highest BCUT2D eigenvalue weighted by Crippen LogP contribution is 2.28. The van der Waals surface area contributed by atoms with Gasteiger partial charge in [0.15, 0.2) is 0 Å². The molecule has 3 aromatic rings. The summed E-state index contributed by atoms with van der Waals surface area (Å²) in [5, 5.41) is 2.49. The summed E-state index contributed by atoms with van der Waals surface area (Å²) >= 11 is 0. The second-order valence-corrected chi connectivity index (χ2v) is 5.15. The summed E-state index contributed by atoms with van der Waals surface area (Å²) in [6.07, 6.45) is 10.1. The molecule has 2 heterocycles. The van der Waals surface area contributed by atoms with E-state index in [1.54, 1.807) is 0 Å². The molecule has 0 atom stereocenters. The van der Waals surface area contributed by atoms with E-state index in [1.807, 2.05) is 19.1 Å². The van der Waals surface area contributed by atoms with Crippen LogP contribution in [0.3, 0.4) is 0 Å². The lowest BCUT2D eigenvalue weighted by molar-refractivity contribution is 1.26. The van der Waals surface area contributed by atoms with Crippen LogP contribution in [0.1, 0.15) is 23.7 Å². The molecule has 0 spiro atoms. The van der Waals surface area contributed by atoms with Gasteiger partial charge in [0.1, 0.15) is 0 Å². The summed E-state index contributed by atoms with van der Waals surface area (Å²) < 4.78 is 2.33. The van der Waals surface area contributed by atoms with Crippen molar-refractivity contribution in [3.05, 3.63) is 71.6 Å². The third kappa shape index (κ3) is 1.78. The molecule has 0 N–H and O–H groups in total. The van der Waals surface area contributed by atoms with Crippen LogP contribution in [0.15, 0.2) is 49.6 Å². The fourth-order valence-corrected chi connectivity index (χ4v) is 3.19. The third-order valence-electron chi connectivity index (χ3n) is 4.00. The highest BCUT2D eigenvalue weighted by molar-refractivity contribution is 5.94. The number of hydrogen-bond donors (Lipinski definition) is 0. The molecule has 0 aliphatic heterocycles. The summed E-state index contributed by atoms with van der Waals surface area (Å²) in [4.78, 5) is 0. The van der Waals surface area contributed by atoms with Gasteiger partial charge in [-0.1, -0.05) is 55.7 Å². The number of benzene rings is 1. The number of rotatable bonds is 3. The van der Waals surface area contributed by atoms with Crippen molar-refractivity contribution in [2.24, 2.45) is 0 Å². The molecule has 0 bridgehead atoms. The molecule has 0 aliphatic carbocycles. The van der Waals surface area contributed by atoms with Gasteiger partial charge in [-0.3, -0.25) is 0 Å². The van der Waals surface area contributed by atoms with E-state index in [9.17, 15) is 0 Å². The molecule has 104 valence electrons. The maximum Gasteiger partial charge on any atom is 0.0577 e. The van der Waals surface area contributed by atoms with Crippen molar-refractivity contribution in [2.75, 3.05) is 0 Å². The van der Waals surface area contributed by atoms with Gasteiger partial charge in [0.05, 0.1) is 16.7 Å². The minimum absolute atomic E-state index is 1.19. The second-order valence-electron chi connectivity index (χ2n) is 5.15. The number of aryl methyl sites for hydroxylation is 1. The minimum Gasteiger partial charge on any atom is -0.308 e. The average Bonchev–Trinajstić information content (AvgIpc) is 2.95. The molecule has 21 heavy (non-hydrogen) atoms. The summed E-state index contributed by atoms with van der Waals surface area (Å²) in [6, 6.07) is 8.51. The van der Waals surface area contributed by atoms with E-state index < -0.39 is 0 Å². The quantitative estimate of drug-likeness (QED) is 0.648. The van der Waals surface area contributed by atoms with Crippen LogP contribution >= 0.6 is 0 Å². The number of fused-ring (bicyclic) bond motifs is 3. The molecule has 0 amide bonds. The summed E-state index contributed by atoms with van der Waals surface area (Å²) in [6.45, 7) is 12.1. The molecular formula is C20H19N. The molecule has 0 unspecified atom stereocenters. The Labute approximate surface area is 125 Å². The number of nitrogens with zero attached hydrogens (tertiary/aromatic N) is 1. The van der Waals surface area contributed by atoms with Gasteiger partial charge in [-0.2, -0.15) is 0 Å². The van der Waals surface area contributed by atoms with E-state index >= 15 is 0 Å². The zero-order chi connectivity index (χ0) is 15.0. The molecule has 0 fully saturated rings. The van der Waals surface area contributed by atoms with Gasteiger partial charge in [0.25, 0.3) is 0 Å². The van der Waals surface area contributed by atoms with Crippen molar-refractivity contribution < 1.29 is 0 Å². The molecule has 2 aromatic heterocycles. The maximum absolute atomic E-state index is 3.99. The smallest absolute Gasteiger partial charge is 0.0577 e. The van der Waals surface area contributed by atoms with Gasteiger partial charge in [0.2, 0.25) is 0 Å². The monoisotopic (exact) mass is 273 g/mol. The van der Waals surface area contributed by atoms with Crippen LogP contribution < -0.4 is 5.22 Å². The fraction of sp³-hybridized carbons (Fsp3) is 0.100. The lowest BCUT2D eigenvalue weighted by Crippen LogP contribution is -1.98. The van der Waals surface area contributed by atoms with Crippen molar-refractivity contribution in [1.29, 1.82) is 0 Å². The summed E-state index contributed by atoms with van der Waals surface area (Å²) in [5.41, 5.74) is 6.14. The summed E-state index contributed by atoms with van der Waals surface area (Å²) in [7, 11) is 0. The van der Waals surface area contributed by atoms with E-state index in [0.29, 0.717) is 0 Å². The lowest BCUT2D eigenvalue weighted by atomic mass is 10.1. The van der Waals surface area contributed by atoms with E-state index in [2.05, 4.69) is 67.0 Å². The lowest BCUT2D eigenvalue weighted by Gasteiger charge is -1.99. The van der Waals surface area contributed by atoms with Crippen LogP contribution in [0, 0.1) is 6.92 Å². The Kier molecular flexibility index (Phi) is 3.26. The Bertz CT molecular complexity index is 936. The number of hydrogen-bond acceptors (Lipinski definition) is 0. The summed E-state index contributed by atoms with van der Waals surface area (Å²) in [5.74, 6) is 0. The Balaban J connectivity index is 2.71.